The molecule has 0 aliphatic carbocycles. The Kier molecular flexibility index (Phi) is 4.77. The Morgan fingerprint density at radius 3 is 1.29 bits per heavy atom. The summed E-state index contributed by atoms with van der Waals surface area (Å²) in [7, 11) is 0. The van der Waals surface area contributed by atoms with E-state index in [0.29, 0.717) is 5.56 Å². The van der Waals surface area contributed by atoms with Gasteiger partial charge in [0.2, 0.25) is 5.91 Å². The summed E-state index contributed by atoms with van der Waals surface area (Å²) in [5, 5.41) is 0. The van der Waals surface area contributed by atoms with Crippen molar-refractivity contribution in [1.82, 2.24) is 0 Å². The van der Waals surface area contributed by atoms with Gasteiger partial charge in [-0.15, -0.1) is 0 Å². The van der Waals surface area contributed by atoms with Crippen molar-refractivity contribution >= 4 is 5.91 Å². The largest absolute Gasteiger partial charge is 0.366 e. The Morgan fingerprint density at radius 1 is 0.536 bits per heavy atom. The Labute approximate surface area is 165 Å². The van der Waals surface area contributed by atoms with Gasteiger partial charge in [-0.1, -0.05) is 109 Å². The van der Waals surface area contributed by atoms with E-state index in [1.54, 1.807) is 6.07 Å². The lowest BCUT2D eigenvalue weighted by atomic mass is 9.64. The molecule has 0 fully saturated rings. The zero-order chi connectivity index (χ0) is 19.4. The van der Waals surface area contributed by atoms with E-state index in [0.717, 1.165) is 22.3 Å². The van der Waals surface area contributed by atoms with E-state index in [4.69, 9.17) is 5.73 Å². The molecule has 1 amide bonds. The first-order valence-corrected chi connectivity index (χ1v) is 9.30. The van der Waals surface area contributed by atoms with Gasteiger partial charge >= 0.3 is 0 Å². The van der Waals surface area contributed by atoms with E-state index in [9.17, 15) is 4.79 Å². The smallest absolute Gasteiger partial charge is 0.249 e. The van der Waals surface area contributed by atoms with Crippen molar-refractivity contribution < 1.29 is 4.79 Å². The molecule has 4 aromatic carbocycles. The minimum absolute atomic E-state index is 0.428. The van der Waals surface area contributed by atoms with E-state index in [-0.39, 0.29) is 0 Å². The molecule has 0 spiro atoms. The van der Waals surface area contributed by atoms with Crippen LogP contribution in [-0.2, 0) is 5.41 Å². The fraction of sp³-hybridized carbons (Fsp3) is 0.0385. The molecule has 28 heavy (non-hydrogen) atoms. The fourth-order valence-electron chi connectivity index (χ4n) is 4.06. The zero-order valence-corrected chi connectivity index (χ0v) is 15.5. The average molecular weight is 363 g/mol. The summed E-state index contributed by atoms with van der Waals surface area (Å²) in [6.07, 6.45) is 0. The summed E-state index contributed by atoms with van der Waals surface area (Å²) < 4.78 is 0. The molecule has 2 heteroatoms. The van der Waals surface area contributed by atoms with E-state index in [1.165, 1.54) is 0 Å². The first kappa shape index (κ1) is 17.7. The number of carbonyl (C=O) groups is 1. The van der Waals surface area contributed by atoms with Gasteiger partial charge in [0.05, 0.1) is 5.41 Å². The molecule has 4 rings (SSSR count). The summed E-state index contributed by atoms with van der Waals surface area (Å²) in [4.78, 5) is 12.4. The van der Waals surface area contributed by atoms with Crippen LogP contribution < -0.4 is 5.73 Å². The van der Waals surface area contributed by atoms with Crippen molar-refractivity contribution in [2.45, 2.75) is 5.41 Å². The van der Waals surface area contributed by atoms with Crippen LogP contribution in [0.2, 0.25) is 0 Å². The number of hydrogen-bond donors (Lipinski definition) is 1. The maximum atomic E-state index is 12.4. The molecule has 0 radical (unpaired) electrons. The quantitative estimate of drug-likeness (QED) is 0.489. The molecule has 0 heterocycles. The molecule has 136 valence electrons. The van der Waals surface area contributed by atoms with Gasteiger partial charge in [-0.3, -0.25) is 4.79 Å². The topological polar surface area (TPSA) is 43.1 Å². The van der Waals surface area contributed by atoms with Crippen molar-refractivity contribution in [2.75, 3.05) is 0 Å². The first-order chi connectivity index (χ1) is 13.7. The van der Waals surface area contributed by atoms with Gasteiger partial charge in [-0.05, 0) is 28.3 Å². The Balaban J connectivity index is 2.19. The molecule has 0 saturated heterocycles. The van der Waals surface area contributed by atoms with Gasteiger partial charge in [-0.2, -0.15) is 0 Å². The number of benzene rings is 4. The van der Waals surface area contributed by atoms with Crippen LogP contribution in [0, 0.1) is 0 Å². The second-order valence-corrected chi connectivity index (χ2v) is 6.76. The van der Waals surface area contributed by atoms with Crippen LogP contribution in [0.15, 0.2) is 115 Å². The van der Waals surface area contributed by atoms with E-state index >= 15 is 0 Å². The Morgan fingerprint density at radius 2 is 0.893 bits per heavy atom. The van der Waals surface area contributed by atoms with Crippen molar-refractivity contribution in [1.29, 1.82) is 0 Å². The maximum absolute atomic E-state index is 12.4. The molecular formula is C26H21NO. The van der Waals surface area contributed by atoms with E-state index in [2.05, 4.69) is 36.4 Å². The minimum Gasteiger partial charge on any atom is -0.366 e. The van der Waals surface area contributed by atoms with Crippen LogP contribution in [0.1, 0.15) is 32.6 Å². The van der Waals surface area contributed by atoms with Crippen LogP contribution in [0.4, 0.5) is 0 Å². The summed E-state index contributed by atoms with van der Waals surface area (Å²) >= 11 is 0. The summed E-state index contributed by atoms with van der Waals surface area (Å²) in [6, 6.07) is 38.5. The molecule has 0 atom stereocenters. The molecule has 2 N–H and O–H groups in total. The van der Waals surface area contributed by atoms with E-state index in [1.807, 2.05) is 72.8 Å². The lowest BCUT2D eigenvalue weighted by molar-refractivity contribution is 0.0999. The van der Waals surface area contributed by atoms with Gasteiger partial charge in [0.15, 0.2) is 0 Å². The van der Waals surface area contributed by atoms with Gasteiger partial charge in [0.25, 0.3) is 0 Å². The predicted octanol–water partition coefficient (Wildman–Crippen LogP) is 5.17. The highest BCUT2D eigenvalue weighted by molar-refractivity contribution is 5.95. The SMILES string of the molecule is NC(=O)c1ccccc1C(c1ccccc1)(c1ccccc1)c1ccccc1. The minimum atomic E-state index is -0.657. The van der Waals surface area contributed by atoms with E-state index < -0.39 is 11.3 Å². The zero-order valence-electron chi connectivity index (χ0n) is 15.5. The highest BCUT2D eigenvalue weighted by Crippen LogP contribution is 2.46. The van der Waals surface area contributed by atoms with Crippen molar-refractivity contribution in [2.24, 2.45) is 5.73 Å². The van der Waals surface area contributed by atoms with Gasteiger partial charge in [-0.25, -0.2) is 0 Å². The standard InChI is InChI=1S/C26H21NO/c27-25(28)23-18-10-11-19-24(23)26(20-12-4-1-5-13-20,21-14-6-2-7-15-21)22-16-8-3-9-17-22/h1-19H,(H2,27,28). The monoisotopic (exact) mass is 363 g/mol. The van der Waals surface area contributed by atoms with Crippen LogP contribution in [0.5, 0.6) is 0 Å². The summed E-state index contributed by atoms with van der Waals surface area (Å²) in [5.74, 6) is -0.428. The third-order valence-corrected chi connectivity index (χ3v) is 5.22. The molecule has 0 unspecified atom stereocenters. The highest BCUT2D eigenvalue weighted by atomic mass is 16.1. The molecule has 0 aromatic heterocycles. The van der Waals surface area contributed by atoms with Crippen molar-refractivity contribution in [3.05, 3.63) is 143 Å². The third-order valence-electron chi connectivity index (χ3n) is 5.22. The molecular weight excluding hydrogens is 342 g/mol. The van der Waals surface area contributed by atoms with Gasteiger partial charge in [0, 0.05) is 5.56 Å². The van der Waals surface area contributed by atoms with Crippen LogP contribution in [-0.4, -0.2) is 5.91 Å². The van der Waals surface area contributed by atoms with Crippen molar-refractivity contribution in [3.8, 4) is 0 Å². The molecule has 0 bridgehead atoms. The number of carbonyl (C=O) groups excluding carboxylic acids is 1. The van der Waals surface area contributed by atoms with Gasteiger partial charge < -0.3 is 5.73 Å². The van der Waals surface area contributed by atoms with Crippen LogP contribution in [0.3, 0.4) is 0 Å². The number of hydrogen-bond acceptors (Lipinski definition) is 1. The summed E-state index contributed by atoms with van der Waals surface area (Å²) in [5.41, 5.74) is 9.81. The molecule has 4 aromatic rings. The van der Waals surface area contributed by atoms with Crippen LogP contribution in [0.25, 0.3) is 0 Å². The number of amides is 1. The van der Waals surface area contributed by atoms with Crippen LogP contribution >= 0.6 is 0 Å². The lowest BCUT2D eigenvalue weighted by Gasteiger charge is -2.37. The highest BCUT2D eigenvalue weighted by Gasteiger charge is 2.40. The second kappa shape index (κ2) is 7.53. The first-order valence-electron chi connectivity index (χ1n) is 9.30. The Hall–Kier alpha value is -3.65. The molecule has 0 saturated carbocycles. The normalized spacial score (nSPS) is 11.1. The molecule has 0 aliphatic heterocycles. The molecule has 2 nitrogen and oxygen atoms in total. The number of rotatable bonds is 5. The second-order valence-electron chi connectivity index (χ2n) is 6.76. The molecule has 0 aliphatic rings. The third kappa shape index (κ3) is 2.89. The average Bonchev–Trinajstić information content (AvgIpc) is 2.77. The predicted molar refractivity (Wildman–Crippen MR) is 113 cm³/mol. The fourth-order valence-corrected chi connectivity index (χ4v) is 4.06. The maximum Gasteiger partial charge on any atom is 0.249 e. The lowest BCUT2D eigenvalue weighted by Crippen LogP contribution is -2.33. The van der Waals surface area contributed by atoms with Crippen molar-refractivity contribution in [3.63, 3.8) is 0 Å². The van der Waals surface area contributed by atoms with Gasteiger partial charge in [0.1, 0.15) is 0 Å². The Bertz CT molecular complexity index is 976. The summed E-state index contributed by atoms with van der Waals surface area (Å²) in [6.45, 7) is 0. The number of primary amides is 1. The number of nitrogens with two attached hydrogens (primary N) is 1.